The molecule has 0 atom stereocenters. The first-order chi connectivity index (χ1) is 14.1. The third-order valence-corrected chi connectivity index (χ3v) is 6.26. The number of nitrogens with zero attached hydrogens (tertiary/aromatic N) is 2. The summed E-state index contributed by atoms with van der Waals surface area (Å²) in [6.07, 6.45) is -3.00. The Bertz CT molecular complexity index is 1130. The van der Waals surface area contributed by atoms with Gasteiger partial charge in [0.25, 0.3) is 15.9 Å². The topological polar surface area (TPSA) is 79.4 Å². The van der Waals surface area contributed by atoms with Crippen LogP contribution >= 0.6 is 11.3 Å². The van der Waals surface area contributed by atoms with E-state index in [0.717, 1.165) is 23.5 Å². The molecular weight excluding hydrogens is 439 g/mol. The van der Waals surface area contributed by atoms with Crippen molar-refractivity contribution in [1.29, 1.82) is 0 Å². The van der Waals surface area contributed by atoms with Crippen molar-refractivity contribution in [3.63, 3.8) is 0 Å². The summed E-state index contributed by atoms with van der Waals surface area (Å²) >= 11 is 1.13. The van der Waals surface area contributed by atoms with Gasteiger partial charge in [-0.15, -0.1) is 11.3 Å². The van der Waals surface area contributed by atoms with E-state index in [1.54, 1.807) is 5.38 Å². The first-order valence-corrected chi connectivity index (χ1v) is 10.9. The highest BCUT2D eigenvalue weighted by Gasteiger charge is 2.30. The Morgan fingerprint density at radius 3 is 2.47 bits per heavy atom. The standard InChI is InChI=1S/C19H16F3N3O3S2/c1-25(12-13-3-2-4-15(11-13)19(20,21)22)17(26)14-5-7-16(8-6-14)30(27,28)24-18-23-9-10-29-18/h2-11H,12H2,1H3,(H,23,24). The van der Waals surface area contributed by atoms with Crippen molar-refractivity contribution in [2.75, 3.05) is 11.8 Å². The van der Waals surface area contributed by atoms with E-state index in [0.29, 0.717) is 5.56 Å². The Morgan fingerprint density at radius 1 is 1.17 bits per heavy atom. The number of rotatable bonds is 6. The number of halogens is 3. The van der Waals surface area contributed by atoms with E-state index in [-0.39, 0.29) is 22.1 Å². The van der Waals surface area contributed by atoms with Gasteiger partial charge < -0.3 is 4.90 Å². The Kier molecular flexibility index (Phi) is 6.13. The normalized spacial score (nSPS) is 11.9. The van der Waals surface area contributed by atoms with E-state index < -0.39 is 27.7 Å². The van der Waals surface area contributed by atoms with E-state index in [9.17, 15) is 26.4 Å². The van der Waals surface area contributed by atoms with Gasteiger partial charge in [0.05, 0.1) is 10.5 Å². The Morgan fingerprint density at radius 2 is 1.87 bits per heavy atom. The van der Waals surface area contributed by atoms with Gasteiger partial charge in [0.15, 0.2) is 5.13 Å². The molecule has 6 nitrogen and oxygen atoms in total. The van der Waals surface area contributed by atoms with Crippen molar-refractivity contribution in [2.45, 2.75) is 17.6 Å². The van der Waals surface area contributed by atoms with Crippen molar-refractivity contribution >= 4 is 32.4 Å². The molecule has 3 aromatic rings. The molecule has 0 aliphatic rings. The number of nitrogens with one attached hydrogen (secondary N) is 1. The van der Waals surface area contributed by atoms with Gasteiger partial charge in [0.2, 0.25) is 0 Å². The molecule has 3 rings (SSSR count). The Labute approximate surface area is 175 Å². The van der Waals surface area contributed by atoms with Crippen LogP contribution in [0.25, 0.3) is 0 Å². The minimum Gasteiger partial charge on any atom is -0.337 e. The quantitative estimate of drug-likeness (QED) is 0.603. The molecule has 158 valence electrons. The van der Waals surface area contributed by atoms with Gasteiger partial charge in [-0.3, -0.25) is 9.52 Å². The second-order valence-electron chi connectivity index (χ2n) is 6.33. The van der Waals surface area contributed by atoms with Crippen molar-refractivity contribution in [3.05, 3.63) is 76.8 Å². The maximum Gasteiger partial charge on any atom is 0.416 e. The fourth-order valence-electron chi connectivity index (χ4n) is 2.64. The molecule has 0 spiro atoms. The molecule has 1 aromatic heterocycles. The molecule has 1 amide bonds. The van der Waals surface area contributed by atoms with Crippen LogP contribution in [0, 0.1) is 0 Å². The first kappa shape index (κ1) is 21.8. The summed E-state index contributed by atoms with van der Waals surface area (Å²) in [5, 5.41) is 1.84. The minimum atomic E-state index is -4.47. The highest BCUT2D eigenvalue weighted by molar-refractivity contribution is 7.93. The van der Waals surface area contributed by atoms with Crippen molar-refractivity contribution in [1.82, 2.24) is 9.88 Å². The SMILES string of the molecule is CN(Cc1cccc(C(F)(F)F)c1)C(=O)c1ccc(S(=O)(=O)Nc2nccs2)cc1. The van der Waals surface area contributed by atoms with Crippen LogP contribution in [0.3, 0.4) is 0 Å². The summed E-state index contributed by atoms with van der Waals surface area (Å²) in [7, 11) is -2.39. The van der Waals surface area contributed by atoms with Crippen LogP contribution in [-0.4, -0.2) is 31.3 Å². The molecule has 11 heteroatoms. The van der Waals surface area contributed by atoms with Gasteiger partial charge in [-0.05, 0) is 42.0 Å². The zero-order chi connectivity index (χ0) is 21.9. The zero-order valence-corrected chi connectivity index (χ0v) is 17.2. The van der Waals surface area contributed by atoms with Crippen LogP contribution in [0.15, 0.2) is 65.0 Å². The van der Waals surface area contributed by atoms with Crippen molar-refractivity contribution < 1.29 is 26.4 Å². The molecule has 0 saturated carbocycles. The molecule has 0 saturated heterocycles. The molecule has 0 unspecified atom stereocenters. The maximum absolute atomic E-state index is 12.8. The van der Waals surface area contributed by atoms with Gasteiger partial charge >= 0.3 is 6.18 Å². The molecule has 2 aromatic carbocycles. The summed E-state index contributed by atoms with van der Waals surface area (Å²) in [4.78, 5) is 17.6. The first-order valence-electron chi connectivity index (χ1n) is 8.50. The Balaban J connectivity index is 1.71. The van der Waals surface area contributed by atoms with Crippen LogP contribution in [0.2, 0.25) is 0 Å². The van der Waals surface area contributed by atoms with E-state index in [4.69, 9.17) is 0 Å². The van der Waals surface area contributed by atoms with Gasteiger partial charge in [-0.2, -0.15) is 13.2 Å². The number of hydrogen-bond donors (Lipinski definition) is 1. The summed E-state index contributed by atoms with van der Waals surface area (Å²) in [6.45, 7) is -0.0333. The van der Waals surface area contributed by atoms with Gasteiger partial charge in [-0.25, -0.2) is 13.4 Å². The number of amides is 1. The summed E-state index contributed by atoms with van der Waals surface area (Å²) in [5.41, 5.74) is -0.256. The number of aromatic nitrogens is 1. The largest absolute Gasteiger partial charge is 0.416 e. The summed E-state index contributed by atoms with van der Waals surface area (Å²) < 4.78 is 65.5. The lowest BCUT2D eigenvalue weighted by atomic mass is 10.1. The van der Waals surface area contributed by atoms with E-state index >= 15 is 0 Å². The molecule has 0 aliphatic heterocycles. The Hall–Kier alpha value is -2.92. The fraction of sp³-hybridized carbons (Fsp3) is 0.158. The maximum atomic E-state index is 12.8. The van der Waals surface area contributed by atoms with Gasteiger partial charge in [-0.1, -0.05) is 12.1 Å². The number of hydrogen-bond acceptors (Lipinski definition) is 5. The molecule has 0 aliphatic carbocycles. The van der Waals surface area contributed by atoms with Crippen molar-refractivity contribution in [3.8, 4) is 0 Å². The van der Waals surface area contributed by atoms with Crippen LogP contribution in [0.4, 0.5) is 18.3 Å². The lowest BCUT2D eigenvalue weighted by Gasteiger charge is -2.18. The number of carbonyl (C=O) groups is 1. The molecule has 0 fully saturated rings. The zero-order valence-electron chi connectivity index (χ0n) is 15.6. The monoisotopic (exact) mass is 455 g/mol. The number of alkyl halides is 3. The molecule has 30 heavy (non-hydrogen) atoms. The number of anilines is 1. The van der Waals surface area contributed by atoms with E-state index in [1.807, 2.05) is 0 Å². The van der Waals surface area contributed by atoms with Crippen molar-refractivity contribution in [2.24, 2.45) is 0 Å². The number of thiazole rings is 1. The van der Waals surface area contributed by atoms with Crippen LogP contribution in [0.1, 0.15) is 21.5 Å². The third-order valence-electron chi connectivity index (χ3n) is 4.09. The lowest BCUT2D eigenvalue weighted by Crippen LogP contribution is -2.26. The number of sulfonamides is 1. The highest BCUT2D eigenvalue weighted by atomic mass is 32.2. The predicted molar refractivity (Wildman–Crippen MR) is 107 cm³/mol. The second kappa shape index (κ2) is 8.44. The third kappa shape index (κ3) is 5.16. The fourth-order valence-corrected chi connectivity index (χ4v) is 4.43. The number of carbonyl (C=O) groups excluding carboxylic acids is 1. The smallest absolute Gasteiger partial charge is 0.337 e. The summed E-state index contributed by atoms with van der Waals surface area (Å²) in [6, 6.07) is 9.99. The molecule has 1 heterocycles. The molecule has 0 bridgehead atoms. The highest BCUT2D eigenvalue weighted by Crippen LogP contribution is 2.29. The van der Waals surface area contributed by atoms with Crippen LogP contribution < -0.4 is 4.72 Å². The molecule has 0 radical (unpaired) electrons. The average molecular weight is 455 g/mol. The van der Waals surface area contributed by atoms with E-state index in [1.165, 1.54) is 54.5 Å². The van der Waals surface area contributed by atoms with Crippen LogP contribution in [-0.2, 0) is 22.7 Å². The molecule has 1 N–H and O–H groups in total. The minimum absolute atomic E-state index is 0.0333. The number of benzene rings is 2. The average Bonchev–Trinajstić information content (AvgIpc) is 3.19. The van der Waals surface area contributed by atoms with Crippen LogP contribution in [0.5, 0.6) is 0 Å². The second-order valence-corrected chi connectivity index (χ2v) is 8.90. The summed E-state index contributed by atoms with van der Waals surface area (Å²) in [5.74, 6) is -0.454. The van der Waals surface area contributed by atoms with Gasteiger partial charge in [0, 0.05) is 30.7 Å². The van der Waals surface area contributed by atoms with E-state index in [2.05, 4.69) is 9.71 Å². The molecular formula is C19H16F3N3O3S2. The predicted octanol–water partition coefficient (Wildman–Crippen LogP) is 4.23. The lowest BCUT2D eigenvalue weighted by molar-refractivity contribution is -0.137. The van der Waals surface area contributed by atoms with Gasteiger partial charge in [0.1, 0.15) is 0 Å².